The smallest absolute Gasteiger partial charge is 0.108 e. The van der Waals surface area contributed by atoms with Crippen LogP contribution in [-0.2, 0) is 6.54 Å². The molecule has 0 spiro atoms. The second-order valence-electron chi connectivity index (χ2n) is 6.42. The molecule has 2 heterocycles. The number of rotatable bonds is 4. The average molecular weight is 301 g/mol. The SMILES string of the molecule is CCC1CN(Cc2nc3ccccc3s2)C(C2CC2)CN1. The van der Waals surface area contributed by atoms with Crippen molar-refractivity contribution >= 4 is 21.6 Å². The molecular formula is C17H23N3S. The van der Waals surface area contributed by atoms with Gasteiger partial charge in [0.25, 0.3) is 0 Å². The first-order valence-electron chi connectivity index (χ1n) is 8.15. The van der Waals surface area contributed by atoms with Gasteiger partial charge in [0.05, 0.1) is 16.8 Å². The molecule has 0 bridgehead atoms. The van der Waals surface area contributed by atoms with Crippen LogP contribution < -0.4 is 5.32 Å². The molecule has 1 N–H and O–H groups in total. The van der Waals surface area contributed by atoms with Crippen LogP contribution in [0.1, 0.15) is 31.2 Å². The van der Waals surface area contributed by atoms with Crippen LogP contribution >= 0.6 is 11.3 Å². The predicted molar refractivity (Wildman–Crippen MR) is 88.6 cm³/mol. The lowest BCUT2D eigenvalue weighted by atomic mass is 10.0. The van der Waals surface area contributed by atoms with Gasteiger partial charge in [-0.2, -0.15) is 0 Å². The third-order valence-corrected chi connectivity index (χ3v) is 5.90. The van der Waals surface area contributed by atoms with Crippen LogP contribution in [0.15, 0.2) is 24.3 Å². The van der Waals surface area contributed by atoms with Crippen LogP contribution in [0.2, 0.25) is 0 Å². The summed E-state index contributed by atoms with van der Waals surface area (Å²) in [6.07, 6.45) is 4.05. The standard InChI is InChI=1S/C17H23N3S/c1-2-13-10-20(15(9-18-13)12-7-8-12)11-17-19-14-5-3-4-6-16(14)21-17/h3-6,12-13,15,18H,2,7-11H2,1H3. The molecule has 1 aromatic carbocycles. The highest BCUT2D eigenvalue weighted by atomic mass is 32.1. The van der Waals surface area contributed by atoms with E-state index in [1.54, 1.807) is 0 Å². The Balaban J connectivity index is 1.54. The van der Waals surface area contributed by atoms with Crippen molar-refractivity contribution in [2.24, 2.45) is 5.92 Å². The lowest BCUT2D eigenvalue weighted by Crippen LogP contribution is -2.56. The van der Waals surface area contributed by atoms with Crippen LogP contribution in [0.3, 0.4) is 0 Å². The van der Waals surface area contributed by atoms with Crippen LogP contribution in [0.5, 0.6) is 0 Å². The molecule has 1 saturated carbocycles. The maximum absolute atomic E-state index is 4.83. The number of nitrogens with one attached hydrogen (secondary N) is 1. The minimum absolute atomic E-state index is 0.648. The summed E-state index contributed by atoms with van der Waals surface area (Å²) in [5.74, 6) is 0.921. The zero-order valence-corrected chi connectivity index (χ0v) is 13.4. The molecule has 0 radical (unpaired) electrons. The Morgan fingerprint density at radius 3 is 2.95 bits per heavy atom. The molecule has 4 rings (SSSR count). The lowest BCUT2D eigenvalue weighted by Gasteiger charge is -2.40. The summed E-state index contributed by atoms with van der Waals surface area (Å²) < 4.78 is 1.32. The Kier molecular flexibility index (Phi) is 3.69. The zero-order chi connectivity index (χ0) is 14.2. The maximum atomic E-state index is 4.83. The van der Waals surface area contributed by atoms with Crippen molar-refractivity contribution in [3.63, 3.8) is 0 Å². The van der Waals surface area contributed by atoms with Gasteiger partial charge >= 0.3 is 0 Å². The van der Waals surface area contributed by atoms with E-state index in [4.69, 9.17) is 4.98 Å². The van der Waals surface area contributed by atoms with E-state index < -0.39 is 0 Å². The minimum atomic E-state index is 0.648. The summed E-state index contributed by atoms with van der Waals surface area (Å²) >= 11 is 1.86. The summed E-state index contributed by atoms with van der Waals surface area (Å²) in [7, 11) is 0. The second-order valence-corrected chi connectivity index (χ2v) is 7.54. The predicted octanol–water partition coefficient (Wildman–Crippen LogP) is 3.26. The molecule has 2 atom stereocenters. The topological polar surface area (TPSA) is 28.2 Å². The first-order chi connectivity index (χ1) is 10.3. The summed E-state index contributed by atoms with van der Waals surface area (Å²) in [6.45, 7) is 5.64. The molecule has 2 aromatic rings. The Morgan fingerprint density at radius 1 is 1.33 bits per heavy atom. The fourth-order valence-corrected chi connectivity index (χ4v) is 4.45. The van der Waals surface area contributed by atoms with E-state index >= 15 is 0 Å². The fraction of sp³-hybridized carbons (Fsp3) is 0.588. The molecule has 112 valence electrons. The molecule has 1 aromatic heterocycles. The van der Waals surface area contributed by atoms with Crippen molar-refractivity contribution < 1.29 is 0 Å². The third-order valence-electron chi connectivity index (χ3n) is 4.88. The van der Waals surface area contributed by atoms with E-state index in [-0.39, 0.29) is 0 Å². The van der Waals surface area contributed by atoms with Gasteiger partial charge in [-0.25, -0.2) is 4.98 Å². The van der Waals surface area contributed by atoms with E-state index in [1.807, 2.05) is 11.3 Å². The van der Waals surface area contributed by atoms with Gasteiger partial charge in [0.2, 0.25) is 0 Å². The van der Waals surface area contributed by atoms with Gasteiger partial charge in [0, 0.05) is 25.2 Å². The third kappa shape index (κ3) is 2.85. The van der Waals surface area contributed by atoms with Gasteiger partial charge in [0.1, 0.15) is 5.01 Å². The Bertz CT molecular complexity index is 586. The summed E-state index contributed by atoms with van der Waals surface area (Å²) in [5, 5.41) is 5.00. The first-order valence-corrected chi connectivity index (χ1v) is 8.97. The lowest BCUT2D eigenvalue weighted by molar-refractivity contribution is 0.106. The number of benzene rings is 1. The average Bonchev–Trinajstić information content (AvgIpc) is 3.26. The normalized spacial score (nSPS) is 27.3. The number of hydrogen-bond donors (Lipinski definition) is 1. The van der Waals surface area contributed by atoms with Gasteiger partial charge < -0.3 is 5.32 Å². The number of nitrogens with zero attached hydrogens (tertiary/aromatic N) is 2. The molecule has 1 aliphatic heterocycles. The maximum Gasteiger partial charge on any atom is 0.108 e. The number of thiazole rings is 1. The van der Waals surface area contributed by atoms with Gasteiger partial charge in [-0.15, -0.1) is 11.3 Å². The summed E-state index contributed by atoms with van der Waals surface area (Å²) in [6, 6.07) is 9.86. The second kappa shape index (κ2) is 5.67. The molecule has 21 heavy (non-hydrogen) atoms. The summed E-state index contributed by atoms with van der Waals surface area (Å²) in [5.41, 5.74) is 1.16. The first kappa shape index (κ1) is 13.7. The number of aromatic nitrogens is 1. The number of piperazine rings is 1. The van der Waals surface area contributed by atoms with E-state index in [0.717, 1.165) is 30.6 Å². The van der Waals surface area contributed by atoms with Crippen LogP contribution in [-0.4, -0.2) is 35.1 Å². The molecule has 4 heteroatoms. The number of para-hydroxylation sites is 1. The highest BCUT2D eigenvalue weighted by molar-refractivity contribution is 7.18. The molecule has 0 amide bonds. The Morgan fingerprint density at radius 2 is 2.19 bits per heavy atom. The molecule has 2 fully saturated rings. The van der Waals surface area contributed by atoms with E-state index in [0.29, 0.717) is 6.04 Å². The Labute approximate surface area is 130 Å². The van der Waals surface area contributed by atoms with Crippen molar-refractivity contribution in [2.45, 2.75) is 44.8 Å². The largest absolute Gasteiger partial charge is 0.311 e. The highest BCUT2D eigenvalue weighted by Gasteiger charge is 2.38. The van der Waals surface area contributed by atoms with Gasteiger partial charge in [-0.3, -0.25) is 4.90 Å². The van der Waals surface area contributed by atoms with Crippen molar-refractivity contribution in [2.75, 3.05) is 13.1 Å². The minimum Gasteiger partial charge on any atom is -0.311 e. The van der Waals surface area contributed by atoms with E-state index in [1.165, 1.54) is 35.5 Å². The monoisotopic (exact) mass is 301 g/mol. The molecular weight excluding hydrogens is 278 g/mol. The molecule has 3 nitrogen and oxygen atoms in total. The molecule has 2 aliphatic rings. The van der Waals surface area contributed by atoms with Gasteiger partial charge in [-0.05, 0) is 37.3 Å². The zero-order valence-electron chi connectivity index (χ0n) is 12.6. The Hall–Kier alpha value is -0.970. The fourth-order valence-electron chi connectivity index (χ4n) is 3.46. The molecule has 1 saturated heterocycles. The molecule has 1 aliphatic carbocycles. The van der Waals surface area contributed by atoms with Crippen molar-refractivity contribution in [3.05, 3.63) is 29.3 Å². The van der Waals surface area contributed by atoms with Crippen LogP contribution in [0.25, 0.3) is 10.2 Å². The van der Waals surface area contributed by atoms with Crippen molar-refractivity contribution in [1.29, 1.82) is 0 Å². The van der Waals surface area contributed by atoms with E-state index in [2.05, 4.69) is 41.4 Å². The van der Waals surface area contributed by atoms with Crippen molar-refractivity contribution in [1.82, 2.24) is 15.2 Å². The highest BCUT2D eigenvalue weighted by Crippen LogP contribution is 2.37. The number of fused-ring (bicyclic) bond motifs is 1. The van der Waals surface area contributed by atoms with Crippen LogP contribution in [0, 0.1) is 5.92 Å². The van der Waals surface area contributed by atoms with Gasteiger partial charge in [0.15, 0.2) is 0 Å². The summed E-state index contributed by atoms with van der Waals surface area (Å²) in [4.78, 5) is 7.52. The van der Waals surface area contributed by atoms with Crippen molar-refractivity contribution in [3.8, 4) is 0 Å². The van der Waals surface area contributed by atoms with Gasteiger partial charge in [-0.1, -0.05) is 19.1 Å². The number of hydrogen-bond acceptors (Lipinski definition) is 4. The quantitative estimate of drug-likeness (QED) is 0.939. The van der Waals surface area contributed by atoms with E-state index in [9.17, 15) is 0 Å². The van der Waals surface area contributed by atoms with Crippen LogP contribution in [0.4, 0.5) is 0 Å². The molecule has 2 unspecified atom stereocenters.